The van der Waals surface area contributed by atoms with E-state index in [9.17, 15) is 4.79 Å². The molecular weight excluding hydrogens is 358 g/mol. The Kier molecular flexibility index (Phi) is 5.65. The molecule has 0 radical (unpaired) electrons. The van der Waals surface area contributed by atoms with Crippen LogP contribution in [0.25, 0.3) is 10.6 Å². The summed E-state index contributed by atoms with van der Waals surface area (Å²) in [7, 11) is 0. The maximum atomic E-state index is 12.6. The Hall–Kier alpha value is -2.44. The molecular formula is C21H23N3O2S. The van der Waals surface area contributed by atoms with Gasteiger partial charge in [-0.1, -0.05) is 36.8 Å². The Bertz CT molecular complexity index is 855. The van der Waals surface area contributed by atoms with E-state index >= 15 is 0 Å². The van der Waals surface area contributed by atoms with Crippen LogP contribution in [0.2, 0.25) is 0 Å². The molecule has 2 aromatic heterocycles. The van der Waals surface area contributed by atoms with Gasteiger partial charge in [0.2, 0.25) is 0 Å². The van der Waals surface area contributed by atoms with E-state index in [0.717, 1.165) is 29.4 Å². The SMILES string of the molecule is O=C(NCC(c1ccco1)N1CCCCC1)c1csc(-c2ccccc2)n1. The molecule has 0 spiro atoms. The quantitative estimate of drug-likeness (QED) is 0.689. The summed E-state index contributed by atoms with van der Waals surface area (Å²) in [5.41, 5.74) is 1.50. The van der Waals surface area contributed by atoms with E-state index in [4.69, 9.17) is 4.42 Å². The molecule has 1 aliphatic heterocycles. The lowest BCUT2D eigenvalue weighted by Gasteiger charge is -2.33. The van der Waals surface area contributed by atoms with Gasteiger partial charge in [0.05, 0.1) is 12.3 Å². The van der Waals surface area contributed by atoms with Crippen LogP contribution in [0.5, 0.6) is 0 Å². The van der Waals surface area contributed by atoms with Crippen molar-refractivity contribution < 1.29 is 9.21 Å². The first kappa shape index (κ1) is 17.9. The molecule has 1 saturated heterocycles. The molecule has 5 nitrogen and oxygen atoms in total. The van der Waals surface area contributed by atoms with E-state index in [2.05, 4.69) is 15.2 Å². The third-order valence-electron chi connectivity index (χ3n) is 4.92. The zero-order valence-corrected chi connectivity index (χ0v) is 16.0. The lowest BCUT2D eigenvalue weighted by molar-refractivity contribution is 0.0910. The highest BCUT2D eigenvalue weighted by molar-refractivity contribution is 7.13. The van der Waals surface area contributed by atoms with Gasteiger partial charge in [0.15, 0.2) is 0 Å². The van der Waals surface area contributed by atoms with Gasteiger partial charge in [0.25, 0.3) is 5.91 Å². The predicted octanol–water partition coefficient (Wildman–Crippen LogP) is 4.36. The van der Waals surface area contributed by atoms with Crippen LogP contribution in [0, 0.1) is 0 Å². The van der Waals surface area contributed by atoms with Crippen molar-refractivity contribution >= 4 is 17.2 Å². The topological polar surface area (TPSA) is 58.4 Å². The zero-order chi connectivity index (χ0) is 18.5. The summed E-state index contributed by atoms with van der Waals surface area (Å²) in [4.78, 5) is 19.5. The number of benzene rings is 1. The minimum absolute atomic E-state index is 0.0662. The van der Waals surface area contributed by atoms with Crippen molar-refractivity contribution in [3.63, 3.8) is 0 Å². The fourth-order valence-electron chi connectivity index (χ4n) is 3.49. The zero-order valence-electron chi connectivity index (χ0n) is 15.1. The molecule has 1 aliphatic rings. The van der Waals surface area contributed by atoms with Gasteiger partial charge in [-0.25, -0.2) is 4.98 Å². The molecule has 140 valence electrons. The number of hydrogen-bond donors (Lipinski definition) is 1. The molecule has 0 aliphatic carbocycles. The highest BCUT2D eigenvalue weighted by atomic mass is 32.1. The Morgan fingerprint density at radius 2 is 1.96 bits per heavy atom. The second kappa shape index (κ2) is 8.50. The van der Waals surface area contributed by atoms with E-state index in [-0.39, 0.29) is 11.9 Å². The molecule has 6 heteroatoms. The van der Waals surface area contributed by atoms with Crippen LogP contribution in [-0.4, -0.2) is 35.4 Å². The summed E-state index contributed by atoms with van der Waals surface area (Å²) in [6.45, 7) is 2.59. The second-order valence-electron chi connectivity index (χ2n) is 6.74. The molecule has 0 bridgehead atoms. The van der Waals surface area contributed by atoms with Crippen LogP contribution < -0.4 is 5.32 Å². The van der Waals surface area contributed by atoms with E-state index in [1.165, 1.54) is 30.6 Å². The molecule has 1 fully saturated rings. The Morgan fingerprint density at radius 3 is 2.70 bits per heavy atom. The van der Waals surface area contributed by atoms with Gasteiger partial charge in [0.1, 0.15) is 16.5 Å². The first-order valence-electron chi connectivity index (χ1n) is 9.38. The molecule has 3 aromatic rings. The minimum Gasteiger partial charge on any atom is -0.468 e. The number of thiazole rings is 1. The van der Waals surface area contributed by atoms with Gasteiger partial charge < -0.3 is 9.73 Å². The number of rotatable bonds is 6. The molecule has 1 atom stereocenters. The molecule has 1 amide bonds. The number of furan rings is 1. The number of hydrogen-bond acceptors (Lipinski definition) is 5. The summed E-state index contributed by atoms with van der Waals surface area (Å²) in [5.74, 6) is 0.766. The number of nitrogens with zero attached hydrogens (tertiary/aromatic N) is 2. The second-order valence-corrected chi connectivity index (χ2v) is 7.60. The summed E-state index contributed by atoms with van der Waals surface area (Å²) < 4.78 is 5.64. The van der Waals surface area contributed by atoms with Crippen molar-refractivity contribution in [1.82, 2.24) is 15.2 Å². The molecule has 1 unspecified atom stereocenters. The Labute approximate surface area is 163 Å². The highest BCUT2D eigenvalue weighted by Gasteiger charge is 2.25. The first-order valence-corrected chi connectivity index (χ1v) is 10.3. The predicted molar refractivity (Wildman–Crippen MR) is 107 cm³/mol. The number of amides is 1. The highest BCUT2D eigenvalue weighted by Crippen LogP contribution is 2.25. The number of aromatic nitrogens is 1. The lowest BCUT2D eigenvalue weighted by Crippen LogP contribution is -2.40. The van der Waals surface area contributed by atoms with E-state index in [1.807, 2.05) is 47.8 Å². The van der Waals surface area contributed by atoms with Gasteiger partial charge in [-0.15, -0.1) is 11.3 Å². The Morgan fingerprint density at radius 1 is 1.15 bits per heavy atom. The third kappa shape index (κ3) is 4.28. The van der Waals surface area contributed by atoms with Crippen LogP contribution in [0.1, 0.15) is 41.6 Å². The summed E-state index contributed by atoms with van der Waals surface area (Å²) in [5, 5.41) is 5.73. The minimum atomic E-state index is -0.137. The van der Waals surface area contributed by atoms with E-state index in [0.29, 0.717) is 12.2 Å². The van der Waals surface area contributed by atoms with Gasteiger partial charge in [-0.2, -0.15) is 0 Å². The number of nitrogens with one attached hydrogen (secondary N) is 1. The number of carbonyl (C=O) groups is 1. The van der Waals surface area contributed by atoms with Crippen molar-refractivity contribution in [3.8, 4) is 10.6 Å². The number of carbonyl (C=O) groups excluding carboxylic acids is 1. The molecule has 3 heterocycles. The summed E-state index contributed by atoms with van der Waals surface area (Å²) >= 11 is 1.49. The van der Waals surface area contributed by atoms with Crippen molar-refractivity contribution in [3.05, 3.63) is 65.6 Å². The molecule has 4 rings (SSSR count). The summed E-state index contributed by atoms with van der Waals surface area (Å²) in [6, 6.07) is 13.9. The molecule has 27 heavy (non-hydrogen) atoms. The van der Waals surface area contributed by atoms with Crippen molar-refractivity contribution in [2.75, 3.05) is 19.6 Å². The third-order valence-corrected chi connectivity index (χ3v) is 5.81. The number of likely N-dealkylation sites (tertiary alicyclic amines) is 1. The Balaban J connectivity index is 1.43. The fraction of sp³-hybridized carbons (Fsp3) is 0.333. The van der Waals surface area contributed by atoms with Crippen LogP contribution in [0.15, 0.2) is 58.5 Å². The van der Waals surface area contributed by atoms with Crippen LogP contribution in [0.4, 0.5) is 0 Å². The van der Waals surface area contributed by atoms with Gasteiger partial charge >= 0.3 is 0 Å². The van der Waals surface area contributed by atoms with E-state index in [1.54, 1.807) is 6.26 Å². The number of piperidine rings is 1. The van der Waals surface area contributed by atoms with Crippen LogP contribution in [-0.2, 0) is 0 Å². The van der Waals surface area contributed by atoms with Crippen LogP contribution >= 0.6 is 11.3 Å². The molecule has 0 saturated carbocycles. The van der Waals surface area contributed by atoms with Crippen LogP contribution in [0.3, 0.4) is 0 Å². The largest absolute Gasteiger partial charge is 0.468 e. The molecule has 1 aromatic carbocycles. The van der Waals surface area contributed by atoms with Crippen molar-refractivity contribution in [1.29, 1.82) is 0 Å². The van der Waals surface area contributed by atoms with Crippen molar-refractivity contribution in [2.24, 2.45) is 0 Å². The van der Waals surface area contributed by atoms with Gasteiger partial charge in [-0.05, 0) is 38.1 Å². The fourth-order valence-corrected chi connectivity index (χ4v) is 4.30. The average molecular weight is 382 g/mol. The normalized spacial score (nSPS) is 16.1. The monoisotopic (exact) mass is 381 g/mol. The lowest BCUT2D eigenvalue weighted by atomic mass is 10.1. The van der Waals surface area contributed by atoms with Gasteiger partial charge in [-0.3, -0.25) is 9.69 Å². The standard InChI is InChI=1S/C21H23N3O2S/c25-20(17-15-27-21(23-17)16-8-3-1-4-9-16)22-14-18(19-10-7-13-26-19)24-11-5-2-6-12-24/h1,3-4,7-10,13,15,18H,2,5-6,11-12,14H2,(H,22,25). The first-order chi connectivity index (χ1) is 13.3. The van der Waals surface area contributed by atoms with E-state index < -0.39 is 0 Å². The van der Waals surface area contributed by atoms with Gasteiger partial charge in [0, 0.05) is 17.5 Å². The van der Waals surface area contributed by atoms with Crippen molar-refractivity contribution in [2.45, 2.75) is 25.3 Å². The molecule has 1 N–H and O–H groups in total. The maximum absolute atomic E-state index is 12.6. The average Bonchev–Trinajstić information content (AvgIpc) is 3.42. The smallest absolute Gasteiger partial charge is 0.270 e. The maximum Gasteiger partial charge on any atom is 0.270 e. The summed E-state index contributed by atoms with van der Waals surface area (Å²) in [6.07, 6.45) is 5.35.